The van der Waals surface area contributed by atoms with Gasteiger partial charge in [0.15, 0.2) is 16.6 Å². The monoisotopic (exact) mass is 617 g/mol. The molecule has 0 atom stereocenters. The summed E-state index contributed by atoms with van der Waals surface area (Å²) in [6.07, 6.45) is 3.74. The Bertz CT molecular complexity index is 1090. The molecule has 0 unspecified atom stereocenters. The molecule has 0 saturated heterocycles. The second kappa shape index (κ2) is 13.7. The van der Waals surface area contributed by atoms with Crippen molar-refractivity contribution in [2.45, 2.75) is 104 Å². The molecule has 0 aliphatic carbocycles. The molecule has 216 valence electrons. The standard InChI is InChI=1S/C29H51NO4Si5/c1-12-13-14-23-35(2,3)31-37(6,7)33-39(10,11)34-38(8,9)32-36(4,5)25-27-17-21-29(22-18-27)28-19-15-26(24-30)16-20-28/h15-22H,12-14,23,25H2,1-11H3. The quantitative estimate of drug-likeness (QED) is 0.147. The molecule has 2 aromatic rings. The van der Waals surface area contributed by atoms with E-state index in [1.54, 1.807) is 0 Å². The molecule has 0 N–H and O–H groups in total. The number of benzene rings is 2. The Hall–Kier alpha value is -1.15. The van der Waals surface area contributed by atoms with Gasteiger partial charge in [-0.25, -0.2) is 0 Å². The van der Waals surface area contributed by atoms with Gasteiger partial charge in [0.25, 0.3) is 0 Å². The zero-order valence-corrected chi connectivity index (χ0v) is 31.2. The first kappa shape index (κ1) is 34.1. The number of rotatable bonds is 15. The minimum Gasteiger partial charge on any atom is -0.436 e. The molecule has 39 heavy (non-hydrogen) atoms. The first-order chi connectivity index (χ1) is 17.9. The van der Waals surface area contributed by atoms with Crippen LogP contribution in [0.5, 0.6) is 0 Å². The van der Waals surface area contributed by atoms with Gasteiger partial charge in [0, 0.05) is 0 Å². The molecule has 2 aromatic carbocycles. The van der Waals surface area contributed by atoms with Crippen molar-refractivity contribution in [3.63, 3.8) is 0 Å². The number of hydrogen-bond donors (Lipinski definition) is 0. The summed E-state index contributed by atoms with van der Waals surface area (Å²) >= 11 is 0. The molecule has 0 heterocycles. The highest BCUT2D eigenvalue weighted by atomic mass is 28.5. The summed E-state index contributed by atoms with van der Waals surface area (Å²) in [6.45, 7) is 24.4. The number of nitrogens with zero attached hydrogens (tertiary/aromatic N) is 1. The van der Waals surface area contributed by atoms with E-state index in [9.17, 15) is 0 Å². The van der Waals surface area contributed by atoms with Crippen molar-refractivity contribution < 1.29 is 16.5 Å². The molecule has 5 nitrogen and oxygen atoms in total. The van der Waals surface area contributed by atoms with Crippen LogP contribution in [0.3, 0.4) is 0 Å². The van der Waals surface area contributed by atoms with Gasteiger partial charge in [0.1, 0.15) is 0 Å². The van der Waals surface area contributed by atoms with Gasteiger partial charge < -0.3 is 16.5 Å². The second-order valence-corrected chi connectivity index (χ2v) is 32.7. The Balaban J connectivity index is 1.99. The predicted octanol–water partition coefficient (Wildman–Crippen LogP) is 9.08. The summed E-state index contributed by atoms with van der Waals surface area (Å²) in [5, 5.41) is 9.04. The molecule has 0 aliphatic heterocycles. The largest absolute Gasteiger partial charge is 0.436 e. The van der Waals surface area contributed by atoms with E-state index >= 15 is 0 Å². The summed E-state index contributed by atoms with van der Waals surface area (Å²) in [4.78, 5) is 0. The minimum absolute atomic E-state index is 0.678. The maximum absolute atomic E-state index is 9.04. The number of unbranched alkanes of at least 4 members (excludes halogenated alkanes) is 2. The van der Waals surface area contributed by atoms with Crippen LogP contribution in [0.15, 0.2) is 48.5 Å². The van der Waals surface area contributed by atoms with E-state index in [1.165, 1.54) is 30.9 Å². The van der Waals surface area contributed by atoms with Crippen molar-refractivity contribution in [2.24, 2.45) is 0 Å². The van der Waals surface area contributed by atoms with Crippen LogP contribution in [-0.4, -0.2) is 42.3 Å². The topological polar surface area (TPSA) is 60.7 Å². The summed E-state index contributed by atoms with van der Waals surface area (Å²) in [5.41, 5.74) is 4.22. The third-order valence-electron chi connectivity index (χ3n) is 6.34. The average Bonchev–Trinajstić information content (AvgIpc) is 2.76. The van der Waals surface area contributed by atoms with Gasteiger partial charge in [-0.15, -0.1) is 0 Å². The first-order valence-corrected chi connectivity index (χ1v) is 28.9. The van der Waals surface area contributed by atoms with Gasteiger partial charge >= 0.3 is 25.7 Å². The Morgan fingerprint density at radius 3 is 1.49 bits per heavy atom. The maximum atomic E-state index is 9.04. The van der Waals surface area contributed by atoms with Crippen LogP contribution in [0.25, 0.3) is 11.1 Å². The zero-order valence-electron chi connectivity index (χ0n) is 26.2. The molecular formula is C29H51NO4Si5. The van der Waals surface area contributed by atoms with Crippen molar-refractivity contribution in [2.75, 3.05) is 0 Å². The van der Waals surface area contributed by atoms with Crippen LogP contribution in [0, 0.1) is 11.3 Å². The van der Waals surface area contributed by atoms with Gasteiger partial charge in [0.2, 0.25) is 0 Å². The van der Waals surface area contributed by atoms with E-state index in [4.69, 9.17) is 21.7 Å². The van der Waals surface area contributed by atoms with Crippen LogP contribution in [0.4, 0.5) is 0 Å². The van der Waals surface area contributed by atoms with Gasteiger partial charge in [-0.1, -0.05) is 62.6 Å². The Kier molecular flexibility index (Phi) is 11.9. The normalized spacial score (nSPS) is 13.4. The van der Waals surface area contributed by atoms with E-state index in [0.717, 1.165) is 17.2 Å². The molecule has 0 spiro atoms. The third-order valence-corrected chi connectivity index (χ3v) is 25.4. The molecule has 0 fully saturated rings. The van der Waals surface area contributed by atoms with Crippen LogP contribution in [-0.2, 0) is 22.5 Å². The highest BCUT2D eigenvalue weighted by Crippen LogP contribution is 2.29. The fourth-order valence-corrected chi connectivity index (χ4v) is 30.3. The molecular weight excluding hydrogens is 567 g/mol. The fraction of sp³-hybridized carbons (Fsp3) is 0.552. The third kappa shape index (κ3) is 12.5. The molecule has 0 aliphatic rings. The molecule has 10 heteroatoms. The number of hydrogen-bond acceptors (Lipinski definition) is 5. The first-order valence-electron chi connectivity index (χ1n) is 14.3. The molecule has 2 rings (SSSR count). The van der Waals surface area contributed by atoms with Crippen molar-refractivity contribution >= 4 is 42.3 Å². The van der Waals surface area contributed by atoms with Crippen molar-refractivity contribution in [3.8, 4) is 17.2 Å². The lowest BCUT2D eigenvalue weighted by molar-refractivity contribution is 0.298. The van der Waals surface area contributed by atoms with E-state index in [0.29, 0.717) is 5.56 Å². The van der Waals surface area contributed by atoms with Crippen LogP contribution in [0.1, 0.15) is 37.3 Å². The summed E-state index contributed by atoms with van der Waals surface area (Å²) in [5.74, 6) is 0. The molecule has 0 amide bonds. The SMILES string of the molecule is CCCCC[Si](C)(C)O[Si](C)(C)O[Si](C)(C)O[Si](C)(C)O[Si](C)(C)Cc1ccc(-c2ccc(C#N)cc2)cc1. The maximum Gasteiger partial charge on any atom is 0.314 e. The smallest absolute Gasteiger partial charge is 0.314 e. The Morgan fingerprint density at radius 1 is 0.590 bits per heavy atom. The Morgan fingerprint density at radius 2 is 1.03 bits per heavy atom. The molecule has 0 radical (unpaired) electrons. The van der Waals surface area contributed by atoms with E-state index in [2.05, 4.69) is 103 Å². The molecule has 0 bridgehead atoms. The predicted molar refractivity (Wildman–Crippen MR) is 176 cm³/mol. The molecule has 0 saturated carbocycles. The highest BCUT2D eigenvalue weighted by molar-refractivity contribution is 6.90. The lowest BCUT2D eigenvalue weighted by Gasteiger charge is -2.42. The summed E-state index contributed by atoms with van der Waals surface area (Å²) in [6, 6.07) is 20.7. The van der Waals surface area contributed by atoms with Crippen LogP contribution >= 0.6 is 0 Å². The highest BCUT2D eigenvalue weighted by Gasteiger charge is 2.45. The van der Waals surface area contributed by atoms with Crippen LogP contribution < -0.4 is 0 Å². The van der Waals surface area contributed by atoms with Gasteiger partial charge in [-0.2, -0.15) is 5.26 Å². The van der Waals surface area contributed by atoms with Crippen molar-refractivity contribution in [1.29, 1.82) is 5.26 Å². The number of nitriles is 1. The van der Waals surface area contributed by atoms with Crippen molar-refractivity contribution in [3.05, 3.63) is 59.7 Å². The second-order valence-electron chi connectivity index (χ2n) is 13.1. The van der Waals surface area contributed by atoms with Crippen LogP contribution in [0.2, 0.25) is 71.5 Å². The lowest BCUT2D eigenvalue weighted by Crippen LogP contribution is -2.58. The van der Waals surface area contributed by atoms with E-state index < -0.39 is 42.3 Å². The average molecular weight is 618 g/mol. The lowest BCUT2D eigenvalue weighted by atomic mass is 10.0. The summed E-state index contributed by atoms with van der Waals surface area (Å²) in [7, 11) is -11.0. The van der Waals surface area contributed by atoms with Gasteiger partial charge in [-0.3, -0.25) is 0 Å². The Labute approximate surface area is 243 Å². The summed E-state index contributed by atoms with van der Waals surface area (Å²) < 4.78 is 27.1. The fourth-order valence-electron chi connectivity index (χ4n) is 5.51. The van der Waals surface area contributed by atoms with Gasteiger partial charge in [-0.05, 0) is 106 Å². The van der Waals surface area contributed by atoms with E-state index in [1.807, 2.05) is 24.3 Å². The molecule has 0 aromatic heterocycles. The van der Waals surface area contributed by atoms with Gasteiger partial charge in [0.05, 0.1) is 11.6 Å². The minimum atomic E-state index is -2.46. The van der Waals surface area contributed by atoms with E-state index in [-0.39, 0.29) is 0 Å². The zero-order chi connectivity index (χ0) is 29.5. The van der Waals surface area contributed by atoms with Crippen molar-refractivity contribution in [1.82, 2.24) is 0 Å².